The number of nitrogens with zero attached hydrogens (tertiary/aromatic N) is 1. The summed E-state index contributed by atoms with van der Waals surface area (Å²) in [5.41, 5.74) is 1.85. The number of amides is 2. The lowest BCUT2D eigenvalue weighted by atomic mass is 10.1. The standard InChI is InChI=1S/C22H17F2N3O2/c1-14(29-21-7-5-15(13-25)6-8-21)16-3-2-4-19(9-16)26-22(28)27-20-11-17(23)10-18(24)12-20/h2-12,14H,1H3,(H2,26,27,28). The number of urea groups is 1. The second-order valence-electron chi connectivity index (χ2n) is 6.26. The molecule has 29 heavy (non-hydrogen) atoms. The molecule has 0 saturated carbocycles. The van der Waals surface area contributed by atoms with Gasteiger partial charge in [-0.2, -0.15) is 5.26 Å². The lowest BCUT2D eigenvalue weighted by molar-refractivity contribution is 0.227. The molecule has 0 aliphatic heterocycles. The molecule has 5 nitrogen and oxygen atoms in total. The average Bonchev–Trinajstić information content (AvgIpc) is 2.68. The van der Waals surface area contributed by atoms with Crippen molar-refractivity contribution in [2.45, 2.75) is 13.0 Å². The number of rotatable bonds is 5. The molecule has 7 heteroatoms. The maximum atomic E-state index is 13.2. The molecule has 3 aromatic rings. The van der Waals surface area contributed by atoms with E-state index in [-0.39, 0.29) is 11.8 Å². The van der Waals surface area contributed by atoms with Crippen LogP contribution in [0.2, 0.25) is 0 Å². The number of nitriles is 1. The Balaban J connectivity index is 1.65. The van der Waals surface area contributed by atoms with Crippen LogP contribution in [0.15, 0.2) is 66.7 Å². The highest BCUT2D eigenvalue weighted by Crippen LogP contribution is 2.24. The zero-order chi connectivity index (χ0) is 20.8. The van der Waals surface area contributed by atoms with Gasteiger partial charge in [0, 0.05) is 17.4 Å². The van der Waals surface area contributed by atoms with E-state index in [0.29, 0.717) is 17.0 Å². The lowest BCUT2D eigenvalue weighted by Crippen LogP contribution is -2.19. The normalized spacial score (nSPS) is 11.2. The van der Waals surface area contributed by atoms with Gasteiger partial charge in [0.1, 0.15) is 23.5 Å². The Morgan fingerprint density at radius 1 is 0.966 bits per heavy atom. The molecule has 0 spiro atoms. The van der Waals surface area contributed by atoms with Crippen molar-refractivity contribution in [3.8, 4) is 11.8 Å². The minimum absolute atomic E-state index is 0.00803. The Morgan fingerprint density at radius 2 is 1.62 bits per heavy atom. The predicted molar refractivity (Wildman–Crippen MR) is 106 cm³/mol. The minimum atomic E-state index is -0.781. The van der Waals surface area contributed by atoms with Crippen LogP contribution in [0.1, 0.15) is 24.2 Å². The van der Waals surface area contributed by atoms with Crippen LogP contribution in [0, 0.1) is 23.0 Å². The molecule has 2 N–H and O–H groups in total. The number of carbonyl (C=O) groups is 1. The molecular formula is C22H17F2N3O2. The summed E-state index contributed by atoms with van der Waals surface area (Å²) in [4.78, 5) is 12.1. The number of halogens is 2. The van der Waals surface area contributed by atoms with Gasteiger partial charge >= 0.3 is 6.03 Å². The Bertz CT molecular complexity index is 1040. The van der Waals surface area contributed by atoms with Crippen LogP contribution in [0.3, 0.4) is 0 Å². The quantitative estimate of drug-likeness (QED) is 0.591. The molecule has 0 aliphatic rings. The van der Waals surface area contributed by atoms with Gasteiger partial charge in [-0.15, -0.1) is 0 Å². The Hall–Kier alpha value is -3.92. The van der Waals surface area contributed by atoms with Crippen LogP contribution in [-0.2, 0) is 0 Å². The van der Waals surface area contributed by atoms with Gasteiger partial charge < -0.3 is 15.4 Å². The Kier molecular flexibility index (Phi) is 6.05. The summed E-state index contributed by atoms with van der Waals surface area (Å²) in [5, 5.41) is 13.8. The minimum Gasteiger partial charge on any atom is -0.486 e. The van der Waals surface area contributed by atoms with Crippen molar-refractivity contribution >= 4 is 17.4 Å². The Morgan fingerprint density at radius 3 is 2.28 bits per heavy atom. The first-order valence-electron chi connectivity index (χ1n) is 8.74. The van der Waals surface area contributed by atoms with Gasteiger partial charge in [-0.3, -0.25) is 0 Å². The number of ether oxygens (including phenoxy) is 1. The molecule has 0 aromatic heterocycles. The summed E-state index contributed by atoms with van der Waals surface area (Å²) >= 11 is 0. The highest BCUT2D eigenvalue weighted by Gasteiger charge is 2.10. The monoisotopic (exact) mass is 393 g/mol. The first-order valence-corrected chi connectivity index (χ1v) is 8.74. The molecule has 1 atom stereocenters. The number of hydrogen-bond donors (Lipinski definition) is 2. The van der Waals surface area contributed by atoms with E-state index in [4.69, 9.17) is 10.00 Å². The second kappa shape index (κ2) is 8.85. The summed E-state index contributed by atoms with van der Waals surface area (Å²) in [5.74, 6) is -0.951. The molecule has 146 valence electrons. The fraction of sp³-hybridized carbons (Fsp3) is 0.0909. The van der Waals surface area contributed by atoms with Gasteiger partial charge in [-0.05, 0) is 61.0 Å². The van der Waals surface area contributed by atoms with Gasteiger partial charge in [-0.1, -0.05) is 12.1 Å². The van der Waals surface area contributed by atoms with Gasteiger partial charge in [0.2, 0.25) is 0 Å². The molecule has 3 rings (SSSR count). The molecule has 0 saturated heterocycles. The molecule has 0 radical (unpaired) electrons. The summed E-state index contributed by atoms with van der Waals surface area (Å²) in [6.45, 7) is 1.85. The lowest BCUT2D eigenvalue weighted by Gasteiger charge is -2.16. The summed E-state index contributed by atoms with van der Waals surface area (Å²) in [6, 6.07) is 18.0. The van der Waals surface area contributed by atoms with E-state index >= 15 is 0 Å². The first-order chi connectivity index (χ1) is 13.9. The van der Waals surface area contributed by atoms with Crippen LogP contribution in [0.5, 0.6) is 5.75 Å². The highest BCUT2D eigenvalue weighted by atomic mass is 19.1. The van der Waals surface area contributed by atoms with Crippen LogP contribution in [0.25, 0.3) is 0 Å². The van der Waals surface area contributed by atoms with Crippen molar-refractivity contribution in [1.29, 1.82) is 5.26 Å². The summed E-state index contributed by atoms with van der Waals surface area (Å²) in [7, 11) is 0. The van der Waals surface area contributed by atoms with Gasteiger partial charge in [0.15, 0.2) is 0 Å². The van der Waals surface area contributed by atoms with Gasteiger partial charge in [-0.25, -0.2) is 13.6 Å². The summed E-state index contributed by atoms with van der Waals surface area (Å²) in [6.07, 6.45) is -0.315. The zero-order valence-electron chi connectivity index (χ0n) is 15.4. The van der Waals surface area contributed by atoms with Crippen molar-refractivity contribution in [2.75, 3.05) is 10.6 Å². The third kappa shape index (κ3) is 5.53. The number of benzene rings is 3. The van der Waals surface area contributed by atoms with E-state index in [1.165, 1.54) is 0 Å². The fourth-order valence-corrected chi connectivity index (χ4v) is 2.67. The van der Waals surface area contributed by atoms with Crippen LogP contribution in [0.4, 0.5) is 25.0 Å². The zero-order valence-corrected chi connectivity index (χ0v) is 15.4. The maximum Gasteiger partial charge on any atom is 0.323 e. The first kappa shape index (κ1) is 19.8. The number of nitrogens with one attached hydrogen (secondary N) is 2. The third-order valence-electron chi connectivity index (χ3n) is 4.03. The average molecular weight is 393 g/mol. The van der Waals surface area contributed by atoms with Crippen molar-refractivity contribution in [2.24, 2.45) is 0 Å². The van der Waals surface area contributed by atoms with Crippen molar-refractivity contribution < 1.29 is 18.3 Å². The SMILES string of the molecule is CC(Oc1ccc(C#N)cc1)c1cccc(NC(=O)Nc2cc(F)cc(F)c2)c1. The molecule has 2 amide bonds. The molecular weight excluding hydrogens is 376 g/mol. The molecule has 0 aliphatic carbocycles. The van der Waals surface area contributed by atoms with Gasteiger partial charge in [0.05, 0.1) is 11.6 Å². The largest absolute Gasteiger partial charge is 0.486 e. The van der Waals surface area contributed by atoms with E-state index in [1.807, 2.05) is 19.1 Å². The smallest absolute Gasteiger partial charge is 0.323 e. The van der Waals surface area contributed by atoms with Crippen molar-refractivity contribution in [1.82, 2.24) is 0 Å². The maximum absolute atomic E-state index is 13.2. The van der Waals surface area contributed by atoms with Crippen LogP contribution < -0.4 is 15.4 Å². The highest BCUT2D eigenvalue weighted by molar-refractivity contribution is 5.99. The topological polar surface area (TPSA) is 74.1 Å². The van der Waals surface area contributed by atoms with E-state index in [2.05, 4.69) is 10.6 Å². The number of anilines is 2. The fourth-order valence-electron chi connectivity index (χ4n) is 2.67. The summed E-state index contributed by atoms with van der Waals surface area (Å²) < 4.78 is 32.3. The molecule has 0 bridgehead atoms. The van der Waals surface area contributed by atoms with E-state index in [1.54, 1.807) is 42.5 Å². The van der Waals surface area contributed by atoms with Crippen molar-refractivity contribution in [3.63, 3.8) is 0 Å². The van der Waals surface area contributed by atoms with Crippen LogP contribution >= 0.6 is 0 Å². The van der Waals surface area contributed by atoms with Crippen molar-refractivity contribution in [3.05, 3.63) is 89.5 Å². The molecule has 0 fully saturated rings. The van der Waals surface area contributed by atoms with Crippen LogP contribution in [-0.4, -0.2) is 6.03 Å². The molecule has 1 unspecified atom stereocenters. The van der Waals surface area contributed by atoms with E-state index in [9.17, 15) is 13.6 Å². The second-order valence-corrected chi connectivity index (χ2v) is 6.26. The molecule has 3 aromatic carbocycles. The predicted octanol–water partition coefficient (Wildman–Crippen LogP) is 5.62. The third-order valence-corrected chi connectivity index (χ3v) is 4.03. The van der Waals surface area contributed by atoms with Gasteiger partial charge in [0.25, 0.3) is 0 Å². The Labute approximate surface area is 166 Å². The number of hydrogen-bond acceptors (Lipinski definition) is 3. The molecule has 0 heterocycles. The van der Waals surface area contributed by atoms with E-state index < -0.39 is 17.7 Å². The van der Waals surface area contributed by atoms with E-state index in [0.717, 1.165) is 23.8 Å². The number of carbonyl (C=O) groups excluding carboxylic acids is 1.